The first-order valence-corrected chi connectivity index (χ1v) is 6.53. The highest BCUT2D eigenvalue weighted by Crippen LogP contribution is 2.26. The van der Waals surface area contributed by atoms with Gasteiger partial charge in [0.2, 0.25) is 0 Å². The largest absolute Gasteiger partial charge is 0.496 e. The van der Waals surface area contributed by atoms with E-state index in [4.69, 9.17) is 4.74 Å². The molecular formula is C17H18O3. The number of ether oxygens (including phenoxy) is 1. The number of carbonyl (C=O) groups is 1. The molecule has 1 atom stereocenters. The Kier molecular flexibility index (Phi) is 4.41. The topological polar surface area (TPSA) is 46.5 Å². The molecule has 0 bridgehead atoms. The average molecular weight is 270 g/mol. The van der Waals surface area contributed by atoms with Gasteiger partial charge in [0, 0.05) is 0 Å². The second-order valence-electron chi connectivity index (χ2n) is 4.81. The molecule has 2 aromatic carbocycles. The summed E-state index contributed by atoms with van der Waals surface area (Å²) in [4.78, 5) is 11.5. The average Bonchev–Trinajstić information content (AvgIpc) is 2.45. The molecular weight excluding hydrogens is 252 g/mol. The first-order chi connectivity index (χ1) is 9.61. The smallest absolute Gasteiger partial charge is 0.311 e. The molecule has 1 N–H and O–H groups in total. The van der Waals surface area contributed by atoms with Gasteiger partial charge in [-0.2, -0.15) is 0 Å². The Morgan fingerprint density at radius 3 is 2.45 bits per heavy atom. The lowest BCUT2D eigenvalue weighted by Gasteiger charge is -2.15. The lowest BCUT2D eigenvalue weighted by Crippen LogP contribution is -2.14. The van der Waals surface area contributed by atoms with E-state index in [1.807, 2.05) is 55.5 Å². The van der Waals surface area contributed by atoms with Gasteiger partial charge in [0.05, 0.1) is 13.0 Å². The molecule has 1 unspecified atom stereocenters. The fraction of sp³-hybridized carbons (Fsp3) is 0.235. The number of aryl methyl sites for hydroxylation is 1. The van der Waals surface area contributed by atoms with Crippen LogP contribution in [0, 0.1) is 6.92 Å². The summed E-state index contributed by atoms with van der Waals surface area (Å²) in [5.74, 6) is -0.571. The summed E-state index contributed by atoms with van der Waals surface area (Å²) >= 11 is 0. The third kappa shape index (κ3) is 3.18. The molecule has 0 saturated carbocycles. The minimum absolute atomic E-state index is 0.488. The molecule has 2 aromatic rings. The first kappa shape index (κ1) is 14.1. The van der Waals surface area contributed by atoms with Crippen molar-refractivity contribution in [1.29, 1.82) is 0 Å². The van der Waals surface area contributed by atoms with Crippen molar-refractivity contribution in [2.24, 2.45) is 0 Å². The van der Waals surface area contributed by atoms with E-state index in [9.17, 15) is 9.90 Å². The quantitative estimate of drug-likeness (QED) is 0.905. The van der Waals surface area contributed by atoms with Crippen LogP contribution in [0.15, 0.2) is 48.5 Å². The number of hydrogen-bond acceptors (Lipinski definition) is 2. The highest BCUT2D eigenvalue weighted by molar-refractivity contribution is 5.76. The normalized spacial score (nSPS) is 11.9. The lowest BCUT2D eigenvalue weighted by atomic mass is 9.91. The van der Waals surface area contributed by atoms with Crippen LogP contribution in [-0.2, 0) is 11.2 Å². The number of hydrogen-bond donors (Lipinski definition) is 1. The summed E-state index contributed by atoms with van der Waals surface area (Å²) in [6, 6.07) is 15.2. The zero-order valence-electron chi connectivity index (χ0n) is 11.7. The Hall–Kier alpha value is -2.29. The van der Waals surface area contributed by atoms with Crippen molar-refractivity contribution in [3.05, 3.63) is 65.2 Å². The van der Waals surface area contributed by atoms with Gasteiger partial charge in [-0.3, -0.25) is 4.79 Å². The van der Waals surface area contributed by atoms with E-state index >= 15 is 0 Å². The number of carboxylic acid groups (broad SMARTS) is 1. The van der Waals surface area contributed by atoms with Crippen molar-refractivity contribution in [3.63, 3.8) is 0 Å². The summed E-state index contributed by atoms with van der Waals surface area (Å²) < 4.78 is 5.21. The Balaban J connectivity index is 2.29. The molecule has 0 spiro atoms. The number of rotatable bonds is 5. The molecule has 0 amide bonds. The SMILES string of the molecule is COc1ccc(C(Cc2ccccc2)C(=O)O)cc1C. The van der Waals surface area contributed by atoms with Crippen LogP contribution in [0.2, 0.25) is 0 Å². The van der Waals surface area contributed by atoms with Gasteiger partial charge < -0.3 is 9.84 Å². The van der Waals surface area contributed by atoms with E-state index in [1.54, 1.807) is 7.11 Å². The predicted molar refractivity (Wildman–Crippen MR) is 78.3 cm³/mol. The third-order valence-corrected chi connectivity index (χ3v) is 3.40. The molecule has 0 saturated heterocycles. The van der Waals surface area contributed by atoms with Crippen LogP contribution in [0.5, 0.6) is 5.75 Å². The maximum atomic E-state index is 11.5. The van der Waals surface area contributed by atoms with Crippen LogP contribution in [0.1, 0.15) is 22.6 Å². The van der Waals surface area contributed by atoms with Crippen LogP contribution < -0.4 is 4.74 Å². The monoisotopic (exact) mass is 270 g/mol. The van der Waals surface area contributed by atoms with Crippen molar-refractivity contribution < 1.29 is 14.6 Å². The molecule has 0 aliphatic carbocycles. The van der Waals surface area contributed by atoms with Crippen molar-refractivity contribution in [1.82, 2.24) is 0 Å². The van der Waals surface area contributed by atoms with E-state index in [1.165, 1.54) is 0 Å². The number of aliphatic carboxylic acids is 1. The molecule has 0 fully saturated rings. The molecule has 0 aliphatic heterocycles. The van der Waals surface area contributed by atoms with E-state index in [0.29, 0.717) is 6.42 Å². The third-order valence-electron chi connectivity index (χ3n) is 3.40. The van der Waals surface area contributed by atoms with Crippen LogP contribution in [0.4, 0.5) is 0 Å². The number of benzene rings is 2. The van der Waals surface area contributed by atoms with Gasteiger partial charge in [0.25, 0.3) is 0 Å². The summed E-state index contributed by atoms with van der Waals surface area (Å²) in [6.45, 7) is 1.92. The van der Waals surface area contributed by atoms with Crippen LogP contribution in [0.3, 0.4) is 0 Å². The maximum absolute atomic E-state index is 11.5. The fourth-order valence-electron chi connectivity index (χ4n) is 2.32. The van der Waals surface area contributed by atoms with Gasteiger partial charge in [0.1, 0.15) is 5.75 Å². The summed E-state index contributed by atoms with van der Waals surface area (Å²) in [6.07, 6.45) is 0.488. The minimum Gasteiger partial charge on any atom is -0.496 e. The zero-order valence-corrected chi connectivity index (χ0v) is 11.7. The Labute approximate surface area is 118 Å². The van der Waals surface area contributed by atoms with Crippen molar-refractivity contribution >= 4 is 5.97 Å². The molecule has 0 aliphatic rings. The fourth-order valence-corrected chi connectivity index (χ4v) is 2.32. The number of methoxy groups -OCH3 is 1. The summed E-state index contributed by atoms with van der Waals surface area (Å²) in [5.41, 5.74) is 2.78. The van der Waals surface area contributed by atoms with Crippen molar-refractivity contribution in [3.8, 4) is 5.75 Å². The minimum atomic E-state index is -0.807. The molecule has 0 aromatic heterocycles. The first-order valence-electron chi connectivity index (χ1n) is 6.53. The summed E-state index contributed by atoms with van der Waals surface area (Å²) in [7, 11) is 1.61. The molecule has 0 heterocycles. The highest BCUT2D eigenvalue weighted by atomic mass is 16.5. The van der Waals surface area contributed by atoms with Gasteiger partial charge in [0.15, 0.2) is 0 Å². The van der Waals surface area contributed by atoms with Gasteiger partial charge in [-0.25, -0.2) is 0 Å². The van der Waals surface area contributed by atoms with E-state index in [0.717, 1.165) is 22.4 Å². The second-order valence-corrected chi connectivity index (χ2v) is 4.81. The van der Waals surface area contributed by atoms with Crippen molar-refractivity contribution in [2.45, 2.75) is 19.3 Å². The molecule has 3 nitrogen and oxygen atoms in total. The van der Waals surface area contributed by atoms with Gasteiger partial charge in [-0.15, -0.1) is 0 Å². The lowest BCUT2D eigenvalue weighted by molar-refractivity contribution is -0.138. The van der Waals surface area contributed by atoms with Crippen LogP contribution >= 0.6 is 0 Å². The summed E-state index contributed by atoms with van der Waals surface area (Å²) in [5, 5.41) is 9.47. The van der Waals surface area contributed by atoms with Crippen LogP contribution in [-0.4, -0.2) is 18.2 Å². The zero-order chi connectivity index (χ0) is 14.5. The van der Waals surface area contributed by atoms with Gasteiger partial charge in [-0.05, 0) is 36.1 Å². The van der Waals surface area contributed by atoms with Gasteiger partial charge >= 0.3 is 5.97 Å². The standard InChI is InChI=1S/C17H18O3/c1-12-10-14(8-9-16(12)20-2)15(17(18)19)11-13-6-4-3-5-7-13/h3-10,15H,11H2,1-2H3,(H,18,19). The number of carboxylic acids is 1. The van der Waals surface area contributed by atoms with Gasteiger partial charge in [-0.1, -0.05) is 42.5 Å². The van der Waals surface area contributed by atoms with E-state index in [2.05, 4.69) is 0 Å². The highest BCUT2D eigenvalue weighted by Gasteiger charge is 2.21. The Morgan fingerprint density at radius 1 is 1.20 bits per heavy atom. The molecule has 0 radical (unpaired) electrons. The molecule has 3 heteroatoms. The van der Waals surface area contributed by atoms with E-state index < -0.39 is 11.9 Å². The molecule has 2 rings (SSSR count). The molecule has 20 heavy (non-hydrogen) atoms. The van der Waals surface area contributed by atoms with Crippen LogP contribution in [0.25, 0.3) is 0 Å². The predicted octanol–water partition coefficient (Wildman–Crippen LogP) is 3.41. The molecule has 104 valence electrons. The Morgan fingerprint density at radius 2 is 1.90 bits per heavy atom. The Bertz CT molecular complexity index is 590. The van der Waals surface area contributed by atoms with Crippen molar-refractivity contribution in [2.75, 3.05) is 7.11 Å². The second kappa shape index (κ2) is 6.24. The maximum Gasteiger partial charge on any atom is 0.311 e. The van der Waals surface area contributed by atoms with E-state index in [-0.39, 0.29) is 0 Å².